The molecule has 2 fully saturated rings. The van der Waals surface area contributed by atoms with Crippen molar-refractivity contribution in [3.8, 4) is 5.75 Å². The van der Waals surface area contributed by atoms with Crippen molar-refractivity contribution in [1.29, 1.82) is 0 Å². The average Bonchev–Trinajstić information content (AvgIpc) is 3.34. The zero-order chi connectivity index (χ0) is 14.1. The van der Waals surface area contributed by atoms with Crippen molar-refractivity contribution < 1.29 is 4.74 Å². The van der Waals surface area contributed by atoms with E-state index in [1.807, 2.05) is 26.1 Å². The van der Waals surface area contributed by atoms with Crippen LogP contribution in [-0.2, 0) is 0 Å². The third-order valence-corrected chi connectivity index (χ3v) is 4.13. The largest absolute Gasteiger partial charge is 0.494 e. The summed E-state index contributed by atoms with van der Waals surface area (Å²) in [4.78, 5) is 6.77. The van der Waals surface area contributed by atoms with Crippen molar-refractivity contribution in [2.24, 2.45) is 10.7 Å². The van der Waals surface area contributed by atoms with Gasteiger partial charge in [-0.25, -0.2) is 4.99 Å². The van der Waals surface area contributed by atoms with Gasteiger partial charge in [0.2, 0.25) is 0 Å². The number of hydrogen-bond acceptors (Lipinski definition) is 2. The van der Waals surface area contributed by atoms with Crippen LogP contribution in [0.4, 0.5) is 0 Å². The Kier molecular flexibility index (Phi) is 3.55. The van der Waals surface area contributed by atoms with Crippen LogP contribution in [0.1, 0.15) is 37.7 Å². The van der Waals surface area contributed by atoms with Gasteiger partial charge in [-0.1, -0.05) is 12.1 Å². The number of guanidine groups is 1. The van der Waals surface area contributed by atoms with Crippen molar-refractivity contribution in [3.05, 3.63) is 29.8 Å². The topological polar surface area (TPSA) is 50.9 Å². The molecule has 0 spiro atoms. The van der Waals surface area contributed by atoms with E-state index in [1.165, 1.54) is 18.4 Å². The molecular formula is C16H23N3O. The number of benzene rings is 1. The fourth-order valence-electron chi connectivity index (χ4n) is 2.57. The SMILES string of the molecule is CCOc1ccc([C@@H]2C[C@H]2N=C(N)N(C)C2CC2)cc1. The number of nitrogens with zero attached hydrogens (tertiary/aromatic N) is 2. The second kappa shape index (κ2) is 5.35. The Hall–Kier alpha value is -1.71. The Morgan fingerprint density at radius 3 is 2.65 bits per heavy atom. The summed E-state index contributed by atoms with van der Waals surface area (Å²) < 4.78 is 5.46. The predicted molar refractivity (Wildman–Crippen MR) is 81.2 cm³/mol. The highest BCUT2D eigenvalue weighted by Crippen LogP contribution is 2.44. The van der Waals surface area contributed by atoms with Crippen LogP contribution in [0.3, 0.4) is 0 Å². The van der Waals surface area contributed by atoms with Crippen molar-refractivity contribution in [1.82, 2.24) is 4.90 Å². The van der Waals surface area contributed by atoms with Crippen LogP contribution < -0.4 is 10.5 Å². The van der Waals surface area contributed by atoms with Gasteiger partial charge < -0.3 is 15.4 Å². The lowest BCUT2D eigenvalue weighted by atomic mass is 10.1. The van der Waals surface area contributed by atoms with Crippen molar-refractivity contribution in [2.45, 2.75) is 44.2 Å². The van der Waals surface area contributed by atoms with E-state index in [4.69, 9.17) is 10.5 Å². The molecule has 2 aliphatic carbocycles. The Balaban J connectivity index is 1.59. The summed E-state index contributed by atoms with van der Waals surface area (Å²) in [6.45, 7) is 2.71. The Bertz CT molecular complexity index is 493. The number of nitrogens with two attached hydrogens (primary N) is 1. The average molecular weight is 273 g/mol. The van der Waals surface area contributed by atoms with E-state index in [1.54, 1.807) is 0 Å². The predicted octanol–water partition coefficient (Wildman–Crippen LogP) is 2.35. The molecule has 0 heterocycles. The fraction of sp³-hybridized carbons (Fsp3) is 0.562. The molecule has 4 heteroatoms. The van der Waals surface area contributed by atoms with Crippen LogP contribution >= 0.6 is 0 Å². The molecule has 20 heavy (non-hydrogen) atoms. The molecule has 2 saturated carbocycles. The Labute approximate surface area is 120 Å². The first-order valence-corrected chi connectivity index (χ1v) is 7.48. The first-order chi connectivity index (χ1) is 9.69. The second-order valence-electron chi connectivity index (χ2n) is 5.74. The van der Waals surface area contributed by atoms with E-state index in [2.05, 4.69) is 22.0 Å². The van der Waals surface area contributed by atoms with Crippen LogP contribution in [0.25, 0.3) is 0 Å². The summed E-state index contributed by atoms with van der Waals surface area (Å²) in [6, 6.07) is 9.35. The lowest BCUT2D eigenvalue weighted by molar-refractivity contribution is 0.340. The standard InChI is InChI=1S/C16H23N3O/c1-3-20-13-8-4-11(5-9-13)14-10-15(14)18-16(17)19(2)12-6-7-12/h4-5,8-9,12,14-15H,3,6-7,10H2,1-2H3,(H2,17,18)/t14-,15+/m0/s1. The van der Waals surface area contributed by atoms with Gasteiger partial charge in [-0.15, -0.1) is 0 Å². The second-order valence-corrected chi connectivity index (χ2v) is 5.74. The molecule has 2 atom stereocenters. The van der Waals surface area contributed by atoms with Gasteiger partial charge in [0.1, 0.15) is 5.75 Å². The van der Waals surface area contributed by atoms with Crippen LogP contribution in [-0.4, -0.2) is 36.6 Å². The summed E-state index contributed by atoms with van der Waals surface area (Å²) in [5, 5.41) is 0. The molecule has 1 aromatic rings. The van der Waals surface area contributed by atoms with E-state index < -0.39 is 0 Å². The Morgan fingerprint density at radius 2 is 2.05 bits per heavy atom. The molecule has 1 aromatic carbocycles. The fourth-order valence-corrected chi connectivity index (χ4v) is 2.57. The minimum atomic E-state index is 0.356. The molecule has 0 unspecified atom stereocenters. The van der Waals surface area contributed by atoms with E-state index in [0.29, 0.717) is 30.6 Å². The van der Waals surface area contributed by atoms with E-state index in [9.17, 15) is 0 Å². The summed E-state index contributed by atoms with van der Waals surface area (Å²) in [6.07, 6.45) is 3.60. The number of rotatable bonds is 5. The molecule has 4 nitrogen and oxygen atoms in total. The smallest absolute Gasteiger partial charge is 0.191 e. The molecule has 108 valence electrons. The number of hydrogen-bond donors (Lipinski definition) is 1. The van der Waals surface area contributed by atoms with Gasteiger partial charge in [-0.05, 0) is 43.9 Å². The third kappa shape index (κ3) is 2.89. The van der Waals surface area contributed by atoms with Gasteiger partial charge in [-0.3, -0.25) is 0 Å². The van der Waals surface area contributed by atoms with Gasteiger partial charge >= 0.3 is 0 Å². The van der Waals surface area contributed by atoms with Crippen molar-refractivity contribution in [2.75, 3.05) is 13.7 Å². The minimum Gasteiger partial charge on any atom is -0.494 e. The highest BCUT2D eigenvalue weighted by molar-refractivity contribution is 5.79. The highest BCUT2D eigenvalue weighted by Gasteiger charge is 2.39. The molecular weight excluding hydrogens is 250 g/mol. The number of ether oxygens (including phenoxy) is 1. The number of aliphatic imine (C=N–C) groups is 1. The maximum atomic E-state index is 6.06. The lowest BCUT2D eigenvalue weighted by Gasteiger charge is -2.16. The first-order valence-electron chi connectivity index (χ1n) is 7.48. The quantitative estimate of drug-likeness (QED) is 0.662. The van der Waals surface area contributed by atoms with Gasteiger partial charge in [-0.2, -0.15) is 0 Å². The van der Waals surface area contributed by atoms with Crippen LogP contribution in [0.5, 0.6) is 5.75 Å². The van der Waals surface area contributed by atoms with Crippen molar-refractivity contribution in [3.63, 3.8) is 0 Å². The molecule has 0 bridgehead atoms. The van der Waals surface area contributed by atoms with Gasteiger partial charge in [0.25, 0.3) is 0 Å². The zero-order valence-electron chi connectivity index (χ0n) is 12.2. The van der Waals surface area contributed by atoms with Crippen LogP contribution in [0.2, 0.25) is 0 Å². The molecule has 0 aromatic heterocycles. The Morgan fingerprint density at radius 1 is 1.35 bits per heavy atom. The van der Waals surface area contributed by atoms with Gasteiger partial charge in [0, 0.05) is 19.0 Å². The summed E-state index contributed by atoms with van der Waals surface area (Å²) in [5.41, 5.74) is 7.40. The maximum Gasteiger partial charge on any atom is 0.191 e. The normalized spacial score (nSPS) is 25.4. The molecule has 0 amide bonds. The summed E-state index contributed by atoms with van der Waals surface area (Å²) >= 11 is 0. The molecule has 0 aliphatic heterocycles. The third-order valence-electron chi connectivity index (χ3n) is 4.13. The van der Waals surface area contributed by atoms with Gasteiger partial charge in [0.15, 0.2) is 5.96 Å². The van der Waals surface area contributed by atoms with E-state index in [0.717, 1.165) is 12.2 Å². The van der Waals surface area contributed by atoms with Crippen molar-refractivity contribution >= 4 is 5.96 Å². The molecule has 3 rings (SSSR count). The van der Waals surface area contributed by atoms with Crippen LogP contribution in [0, 0.1) is 0 Å². The zero-order valence-corrected chi connectivity index (χ0v) is 12.2. The highest BCUT2D eigenvalue weighted by atomic mass is 16.5. The molecule has 2 N–H and O–H groups in total. The summed E-state index contributed by atoms with van der Waals surface area (Å²) in [7, 11) is 2.05. The maximum absolute atomic E-state index is 6.06. The van der Waals surface area contributed by atoms with E-state index >= 15 is 0 Å². The molecule has 2 aliphatic rings. The monoisotopic (exact) mass is 273 g/mol. The first kappa shape index (κ1) is 13.3. The minimum absolute atomic E-state index is 0.356. The van der Waals surface area contributed by atoms with E-state index in [-0.39, 0.29) is 0 Å². The molecule has 0 radical (unpaired) electrons. The van der Waals surface area contributed by atoms with Gasteiger partial charge in [0.05, 0.1) is 12.6 Å². The summed E-state index contributed by atoms with van der Waals surface area (Å²) in [5.74, 6) is 2.16. The molecule has 0 saturated heterocycles. The lowest BCUT2D eigenvalue weighted by Crippen LogP contribution is -2.36. The van der Waals surface area contributed by atoms with Crippen LogP contribution in [0.15, 0.2) is 29.3 Å².